The molecule has 1 fully saturated rings. The van der Waals surface area contributed by atoms with Gasteiger partial charge in [0.25, 0.3) is 5.56 Å². The molecule has 1 aliphatic rings. The number of aromatic nitrogens is 3. The number of pyridine rings is 1. The maximum atomic E-state index is 14.9. The van der Waals surface area contributed by atoms with Crippen molar-refractivity contribution in [3.63, 3.8) is 0 Å². The number of aryl methyl sites for hydroxylation is 1. The minimum absolute atomic E-state index is 0.00444. The van der Waals surface area contributed by atoms with E-state index in [9.17, 15) is 9.18 Å². The molecule has 1 N–H and O–H groups in total. The zero-order valence-electron chi connectivity index (χ0n) is 17.2. The lowest BCUT2D eigenvalue weighted by Gasteiger charge is -2.16. The number of nitrogens with one attached hydrogen (secondary N) is 1. The number of hydrogen-bond acceptors (Lipinski definition) is 7. The Bertz CT molecular complexity index is 1160. The molecule has 0 saturated carbocycles. The lowest BCUT2D eigenvalue weighted by atomic mass is 10.0. The van der Waals surface area contributed by atoms with Crippen LogP contribution in [-0.2, 0) is 11.8 Å². The summed E-state index contributed by atoms with van der Waals surface area (Å²) in [5.41, 5.74) is 0.316. The molecule has 0 radical (unpaired) electrons. The summed E-state index contributed by atoms with van der Waals surface area (Å²) in [6, 6.07) is 4.59. The number of anilines is 1. The topological polar surface area (TPSA) is 87.5 Å². The fourth-order valence-electron chi connectivity index (χ4n) is 3.56. The van der Waals surface area contributed by atoms with Crippen LogP contribution in [0.3, 0.4) is 0 Å². The summed E-state index contributed by atoms with van der Waals surface area (Å²) >= 11 is 0. The third-order valence-corrected chi connectivity index (χ3v) is 5.39. The van der Waals surface area contributed by atoms with Crippen molar-refractivity contribution in [3.8, 4) is 22.6 Å². The molecule has 0 aliphatic carbocycles. The first-order valence-electron chi connectivity index (χ1n) is 9.56. The molecule has 2 aromatic heterocycles. The molecular weight excluding hydrogens is 391 g/mol. The predicted octanol–water partition coefficient (Wildman–Crippen LogP) is 2.60. The Kier molecular flexibility index (Phi) is 5.29. The van der Waals surface area contributed by atoms with Crippen LogP contribution >= 0.6 is 0 Å². The van der Waals surface area contributed by atoms with Crippen molar-refractivity contribution in [2.45, 2.75) is 13.0 Å². The number of methoxy groups -OCH3 is 2. The number of nitrogens with zero attached hydrogens (tertiary/aromatic N) is 3. The summed E-state index contributed by atoms with van der Waals surface area (Å²) in [7, 11) is 4.42. The largest absolute Gasteiger partial charge is 0.497 e. The molecule has 8 nitrogen and oxygen atoms in total. The van der Waals surface area contributed by atoms with Gasteiger partial charge in [0.2, 0.25) is 5.95 Å². The van der Waals surface area contributed by atoms with Crippen molar-refractivity contribution in [1.29, 1.82) is 0 Å². The van der Waals surface area contributed by atoms with E-state index in [1.165, 1.54) is 30.9 Å². The van der Waals surface area contributed by atoms with E-state index in [-0.39, 0.29) is 28.5 Å². The highest BCUT2D eigenvalue weighted by atomic mass is 19.1. The van der Waals surface area contributed by atoms with E-state index < -0.39 is 5.82 Å². The summed E-state index contributed by atoms with van der Waals surface area (Å²) in [5, 5.41) is 3.87. The van der Waals surface area contributed by atoms with Crippen LogP contribution in [0.15, 0.2) is 29.2 Å². The molecule has 0 spiro atoms. The number of benzene rings is 1. The summed E-state index contributed by atoms with van der Waals surface area (Å²) in [5.74, 6) is 0.497. The lowest BCUT2D eigenvalue weighted by molar-refractivity contribution is 0.187. The third-order valence-electron chi connectivity index (χ3n) is 5.39. The maximum Gasteiger partial charge on any atom is 0.259 e. The predicted molar refractivity (Wildman–Crippen MR) is 111 cm³/mol. The lowest BCUT2D eigenvalue weighted by Crippen LogP contribution is -2.27. The maximum absolute atomic E-state index is 14.9. The standard InChI is InChI=1S/C21H23FN4O4/c1-11-9-30-10-16(11)24-21-23-8-12-5-15(20(27)26(2)19(12)25-21)14-6-13(28-3)7-17(29-4)18(14)22/h5-8,11,16H,9-10H2,1-4H3,(H,23,24,25)/t11-,16+/m0/s1. The van der Waals surface area contributed by atoms with Gasteiger partial charge in [0.15, 0.2) is 11.6 Å². The van der Waals surface area contributed by atoms with Gasteiger partial charge in [0.1, 0.15) is 11.4 Å². The second-order valence-corrected chi connectivity index (χ2v) is 7.35. The fraction of sp³-hybridized carbons (Fsp3) is 0.381. The van der Waals surface area contributed by atoms with E-state index >= 15 is 0 Å². The van der Waals surface area contributed by atoms with E-state index in [1.807, 2.05) is 0 Å². The molecule has 0 bridgehead atoms. The minimum atomic E-state index is -0.635. The van der Waals surface area contributed by atoms with Gasteiger partial charge in [-0.05, 0) is 12.1 Å². The first-order valence-corrected chi connectivity index (χ1v) is 9.56. The zero-order valence-corrected chi connectivity index (χ0v) is 17.2. The van der Waals surface area contributed by atoms with E-state index in [4.69, 9.17) is 14.2 Å². The second kappa shape index (κ2) is 7.91. The van der Waals surface area contributed by atoms with E-state index in [1.54, 1.807) is 19.3 Å². The number of hydrogen-bond donors (Lipinski definition) is 1. The highest BCUT2D eigenvalue weighted by Gasteiger charge is 2.25. The smallest absolute Gasteiger partial charge is 0.259 e. The van der Waals surface area contributed by atoms with Crippen LogP contribution in [0.2, 0.25) is 0 Å². The van der Waals surface area contributed by atoms with E-state index in [0.29, 0.717) is 41.9 Å². The van der Waals surface area contributed by atoms with Gasteiger partial charge < -0.3 is 19.5 Å². The first-order chi connectivity index (χ1) is 14.4. The van der Waals surface area contributed by atoms with Crippen LogP contribution in [0.4, 0.5) is 10.3 Å². The van der Waals surface area contributed by atoms with Gasteiger partial charge in [0.05, 0.1) is 39.0 Å². The van der Waals surface area contributed by atoms with Gasteiger partial charge in [-0.25, -0.2) is 9.37 Å². The summed E-state index contributed by atoms with van der Waals surface area (Å²) < 4.78 is 32.1. The van der Waals surface area contributed by atoms with Crippen LogP contribution in [0.5, 0.6) is 11.5 Å². The normalized spacial score (nSPS) is 18.6. The highest BCUT2D eigenvalue weighted by Crippen LogP contribution is 2.33. The summed E-state index contributed by atoms with van der Waals surface area (Å²) in [4.78, 5) is 21.9. The Morgan fingerprint density at radius 3 is 2.67 bits per heavy atom. The van der Waals surface area contributed by atoms with Crippen molar-refractivity contribution in [2.75, 3.05) is 32.8 Å². The Hall–Kier alpha value is -3.20. The Morgan fingerprint density at radius 1 is 1.20 bits per heavy atom. The van der Waals surface area contributed by atoms with Crippen LogP contribution in [0.25, 0.3) is 22.2 Å². The summed E-state index contributed by atoms with van der Waals surface area (Å²) in [6.45, 7) is 3.35. The van der Waals surface area contributed by atoms with Crippen molar-refractivity contribution >= 4 is 17.0 Å². The molecule has 3 heterocycles. The molecule has 1 aromatic carbocycles. The van der Waals surface area contributed by atoms with Gasteiger partial charge >= 0.3 is 0 Å². The Labute approximate surface area is 172 Å². The average Bonchev–Trinajstić information content (AvgIpc) is 3.15. The first kappa shape index (κ1) is 20.1. The molecule has 158 valence electrons. The number of fused-ring (bicyclic) bond motifs is 1. The number of rotatable bonds is 5. The van der Waals surface area contributed by atoms with Crippen molar-refractivity contribution < 1.29 is 18.6 Å². The molecule has 0 amide bonds. The Balaban J connectivity index is 1.81. The van der Waals surface area contributed by atoms with Crippen LogP contribution in [0.1, 0.15) is 6.92 Å². The summed E-state index contributed by atoms with van der Waals surface area (Å²) in [6.07, 6.45) is 1.61. The van der Waals surface area contributed by atoms with E-state index in [2.05, 4.69) is 22.2 Å². The molecule has 4 rings (SSSR count). The molecule has 30 heavy (non-hydrogen) atoms. The molecule has 0 unspecified atom stereocenters. The highest BCUT2D eigenvalue weighted by molar-refractivity contribution is 5.82. The van der Waals surface area contributed by atoms with Crippen molar-refractivity contribution in [1.82, 2.24) is 14.5 Å². The molecule has 9 heteroatoms. The molecular formula is C21H23FN4O4. The van der Waals surface area contributed by atoms with Gasteiger partial charge in [-0.1, -0.05) is 6.92 Å². The minimum Gasteiger partial charge on any atom is -0.497 e. The third kappa shape index (κ3) is 3.45. The van der Waals surface area contributed by atoms with Crippen LogP contribution in [-0.4, -0.2) is 48.0 Å². The SMILES string of the molecule is COc1cc(OC)c(F)c(-c2cc3cnc(N[C@@H]4COC[C@@H]4C)nc3n(C)c2=O)c1. The zero-order chi connectivity index (χ0) is 21.4. The van der Waals surface area contributed by atoms with Gasteiger partial charge in [0, 0.05) is 36.2 Å². The molecule has 2 atom stereocenters. The fourth-order valence-corrected chi connectivity index (χ4v) is 3.56. The van der Waals surface area contributed by atoms with Crippen LogP contribution in [0, 0.1) is 11.7 Å². The number of halogens is 1. The monoisotopic (exact) mass is 414 g/mol. The second-order valence-electron chi connectivity index (χ2n) is 7.35. The average molecular weight is 414 g/mol. The van der Waals surface area contributed by atoms with Gasteiger partial charge in [-0.2, -0.15) is 4.98 Å². The molecule has 1 saturated heterocycles. The number of ether oxygens (including phenoxy) is 3. The van der Waals surface area contributed by atoms with Crippen molar-refractivity contribution in [3.05, 3.63) is 40.6 Å². The van der Waals surface area contributed by atoms with Crippen molar-refractivity contribution in [2.24, 2.45) is 13.0 Å². The van der Waals surface area contributed by atoms with Crippen LogP contribution < -0.4 is 20.3 Å². The van der Waals surface area contributed by atoms with Gasteiger partial charge in [-0.3, -0.25) is 9.36 Å². The molecule has 3 aromatic rings. The van der Waals surface area contributed by atoms with E-state index in [0.717, 1.165) is 0 Å². The quantitative estimate of drug-likeness (QED) is 0.687. The Morgan fingerprint density at radius 2 is 2.00 bits per heavy atom. The molecule has 1 aliphatic heterocycles. The van der Waals surface area contributed by atoms with Gasteiger partial charge in [-0.15, -0.1) is 0 Å².